The Morgan fingerprint density at radius 3 is 2.03 bits per heavy atom. The van der Waals surface area contributed by atoms with Gasteiger partial charge in [-0.15, -0.1) is 0 Å². The summed E-state index contributed by atoms with van der Waals surface area (Å²) in [4.78, 5) is 21.3. The van der Waals surface area contributed by atoms with Crippen LogP contribution in [0.2, 0.25) is 0 Å². The summed E-state index contributed by atoms with van der Waals surface area (Å²) < 4.78 is 0.187. The van der Waals surface area contributed by atoms with E-state index in [1.165, 1.54) is 13.0 Å². The van der Waals surface area contributed by atoms with Gasteiger partial charge in [0.25, 0.3) is 5.69 Å². The Morgan fingerprint density at radius 1 is 0.867 bits per heavy atom. The van der Waals surface area contributed by atoms with Crippen LogP contribution in [0.4, 0.5) is 34.1 Å². The molecule has 0 heterocycles. The second kappa shape index (κ2) is 9.09. The van der Waals surface area contributed by atoms with Crippen LogP contribution in [0.15, 0.2) is 75.4 Å². The van der Waals surface area contributed by atoms with Crippen LogP contribution in [0, 0.1) is 27.2 Å². The van der Waals surface area contributed by atoms with Crippen molar-refractivity contribution >= 4 is 50.1 Å². The number of hydrogen-bond donors (Lipinski definition) is 2. The van der Waals surface area contributed by atoms with Crippen molar-refractivity contribution in [2.24, 2.45) is 10.2 Å². The van der Waals surface area contributed by atoms with E-state index in [-0.39, 0.29) is 21.4 Å². The first-order valence-electron chi connectivity index (χ1n) is 8.57. The van der Waals surface area contributed by atoms with Crippen LogP contribution in [0.25, 0.3) is 0 Å². The summed E-state index contributed by atoms with van der Waals surface area (Å²) in [6, 6.07) is 17.4. The maximum Gasteiger partial charge on any atom is 0.305 e. The molecule has 0 saturated heterocycles. The zero-order valence-electron chi connectivity index (χ0n) is 15.6. The van der Waals surface area contributed by atoms with Gasteiger partial charge in [0.1, 0.15) is 11.3 Å². The fourth-order valence-electron chi connectivity index (χ4n) is 2.62. The molecule has 0 amide bonds. The number of nitrogens with one attached hydrogen (secondary N) is 2. The monoisotopic (exact) mass is 470 g/mol. The molecule has 3 aromatic rings. The predicted octanol–water partition coefficient (Wildman–Crippen LogP) is 6.43. The van der Waals surface area contributed by atoms with E-state index in [0.717, 1.165) is 5.69 Å². The highest BCUT2D eigenvalue weighted by molar-refractivity contribution is 9.10. The van der Waals surface area contributed by atoms with Gasteiger partial charge in [-0.3, -0.25) is 25.7 Å². The van der Waals surface area contributed by atoms with Crippen LogP contribution in [-0.2, 0) is 0 Å². The van der Waals surface area contributed by atoms with Crippen LogP contribution in [0.5, 0.6) is 0 Å². The van der Waals surface area contributed by atoms with Crippen molar-refractivity contribution in [1.29, 1.82) is 0 Å². The molecule has 0 aliphatic carbocycles. The van der Waals surface area contributed by atoms with Crippen molar-refractivity contribution in [3.05, 3.63) is 90.9 Å². The predicted molar refractivity (Wildman–Crippen MR) is 116 cm³/mol. The Morgan fingerprint density at radius 2 is 1.47 bits per heavy atom. The van der Waals surface area contributed by atoms with E-state index in [4.69, 9.17) is 0 Å². The van der Waals surface area contributed by atoms with E-state index in [0.29, 0.717) is 11.4 Å². The third-order valence-electron chi connectivity index (χ3n) is 4.09. The average molecular weight is 471 g/mol. The van der Waals surface area contributed by atoms with Crippen LogP contribution in [-0.4, -0.2) is 9.85 Å². The summed E-state index contributed by atoms with van der Waals surface area (Å²) in [6.45, 7) is 1.33. The van der Waals surface area contributed by atoms with E-state index >= 15 is 0 Å². The Kier molecular flexibility index (Phi) is 6.32. The van der Waals surface area contributed by atoms with Crippen molar-refractivity contribution in [3.63, 3.8) is 0 Å². The molecule has 0 bridgehead atoms. The van der Waals surface area contributed by atoms with Crippen LogP contribution in [0.3, 0.4) is 0 Å². The third-order valence-corrected chi connectivity index (χ3v) is 4.72. The van der Waals surface area contributed by atoms with E-state index in [1.807, 2.05) is 30.3 Å². The molecule has 11 heteroatoms. The summed E-state index contributed by atoms with van der Waals surface area (Å²) >= 11 is 3.16. The van der Waals surface area contributed by atoms with Crippen molar-refractivity contribution in [2.75, 3.05) is 10.9 Å². The van der Waals surface area contributed by atoms with E-state index in [2.05, 4.69) is 37.0 Å². The van der Waals surface area contributed by atoms with Gasteiger partial charge < -0.3 is 5.43 Å². The van der Waals surface area contributed by atoms with Gasteiger partial charge in [-0.05, 0) is 59.3 Å². The lowest BCUT2D eigenvalue weighted by Crippen LogP contribution is -2.12. The number of halogens is 1. The molecule has 0 aliphatic heterocycles. The Bertz CT molecular complexity index is 1120. The van der Waals surface area contributed by atoms with Crippen molar-refractivity contribution in [2.45, 2.75) is 6.92 Å². The summed E-state index contributed by atoms with van der Waals surface area (Å²) in [7, 11) is 0. The maximum absolute atomic E-state index is 11.5. The van der Waals surface area contributed by atoms with Crippen LogP contribution < -0.4 is 10.9 Å². The molecule has 10 nitrogen and oxygen atoms in total. The lowest BCUT2D eigenvalue weighted by Gasteiger charge is -2.13. The highest BCUT2D eigenvalue weighted by Gasteiger charge is 2.28. The summed E-state index contributed by atoms with van der Waals surface area (Å²) in [6.07, 6.45) is 0. The Balaban J connectivity index is 1.77. The zero-order chi connectivity index (χ0) is 21.7. The minimum atomic E-state index is -0.663. The highest BCUT2D eigenvalue weighted by atomic mass is 79.9. The van der Waals surface area contributed by atoms with Gasteiger partial charge in [0.15, 0.2) is 0 Å². The number of hydrazine groups is 1. The first kappa shape index (κ1) is 20.9. The number of rotatable bonds is 7. The second-order valence-corrected chi connectivity index (χ2v) is 6.93. The first-order valence-corrected chi connectivity index (χ1v) is 9.37. The molecule has 3 rings (SSSR count). The van der Waals surface area contributed by atoms with E-state index in [1.54, 1.807) is 24.3 Å². The SMILES string of the molecule is Cc1c([N+](=O)[O-])cc(Br)c(NNc2ccc(N=Nc3ccccc3)cc2)c1[N+](=O)[O-]. The van der Waals surface area contributed by atoms with Gasteiger partial charge in [-0.25, -0.2) is 0 Å². The Labute approximate surface area is 179 Å². The molecule has 2 N–H and O–H groups in total. The number of nitro groups is 2. The normalized spacial score (nSPS) is 10.7. The highest BCUT2D eigenvalue weighted by Crippen LogP contribution is 2.40. The smallest absolute Gasteiger partial charge is 0.301 e. The van der Waals surface area contributed by atoms with Crippen molar-refractivity contribution < 1.29 is 9.85 Å². The minimum Gasteiger partial charge on any atom is -0.301 e. The second-order valence-electron chi connectivity index (χ2n) is 6.07. The molecule has 30 heavy (non-hydrogen) atoms. The number of hydrogen-bond acceptors (Lipinski definition) is 8. The van der Waals surface area contributed by atoms with E-state index < -0.39 is 15.5 Å². The molecule has 0 atom stereocenters. The molecule has 152 valence electrons. The molecule has 0 saturated carbocycles. The summed E-state index contributed by atoms with van der Waals surface area (Å²) in [5.74, 6) is 0. The van der Waals surface area contributed by atoms with Crippen LogP contribution >= 0.6 is 15.9 Å². The molecule has 0 aromatic heterocycles. The molecular weight excluding hydrogens is 456 g/mol. The van der Waals surface area contributed by atoms with E-state index in [9.17, 15) is 20.2 Å². The van der Waals surface area contributed by atoms with Crippen LogP contribution in [0.1, 0.15) is 5.56 Å². The third kappa shape index (κ3) is 4.75. The molecule has 0 aliphatic rings. The lowest BCUT2D eigenvalue weighted by atomic mass is 10.1. The molecular formula is C19H15BrN6O4. The minimum absolute atomic E-state index is 0.0471. The van der Waals surface area contributed by atoms with Gasteiger partial charge in [-0.2, -0.15) is 10.2 Å². The molecule has 0 spiro atoms. The molecule has 0 radical (unpaired) electrons. The summed E-state index contributed by atoms with van der Waals surface area (Å²) in [5, 5.41) is 30.9. The fraction of sp³-hybridized carbons (Fsp3) is 0.0526. The summed E-state index contributed by atoms with van der Waals surface area (Å²) in [5.41, 5.74) is 6.85. The number of nitrogens with zero attached hydrogens (tertiary/aromatic N) is 4. The topological polar surface area (TPSA) is 135 Å². The zero-order valence-corrected chi connectivity index (χ0v) is 17.2. The number of azo groups is 1. The number of nitro benzene ring substituents is 2. The lowest BCUT2D eigenvalue weighted by molar-refractivity contribution is -0.394. The number of anilines is 2. The molecule has 0 unspecified atom stereocenters. The number of benzene rings is 3. The van der Waals surface area contributed by atoms with Crippen molar-refractivity contribution in [1.82, 2.24) is 0 Å². The Hall–Kier alpha value is -3.86. The van der Waals surface area contributed by atoms with Gasteiger partial charge >= 0.3 is 5.69 Å². The average Bonchev–Trinajstić information content (AvgIpc) is 2.73. The standard InChI is InChI=1S/C19H15BrN6O4/c1-12-17(25(27)28)11-16(20)18(19(12)26(29)30)24-23-15-9-7-14(8-10-15)22-21-13-5-3-2-4-6-13/h2-11,23-24H,1H3. The maximum atomic E-state index is 11.5. The van der Waals surface area contributed by atoms with Gasteiger partial charge in [0.2, 0.25) is 0 Å². The largest absolute Gasteiger partial charge is 0.305 e. The fourth-order valence-corrected chi connectivity index (χ4v) is 3.12. The molecule has 0 fully saturated rings. The van der Waals surface area contributed by atoms with Gasteiger partial charge in [0.05, 0.1) is 31.4 Å². The first-order chi connectivity index (χ1) is 14.4. The van der Waals surface area contributed by atoms with Crippen molar-refractivity contribution in [3.8, 4) is 0 Å². The molecule has 3 aromatic carbocycles. The van der Waals surface area contributed by atoms with Gasteiger partial charge in [-0.1, -0.05) is 18.2 Å². The van der Waals surface area contributed by atoms with Gasteiger partial charge in [0, 0.05) is 6.07 Å². The quantitative estimate of drug-likeness (QED) is 0.232.